The van der Waals surface area contributed by atoms with Crippen LogP contribution in [0, 0.1) is 0 Å². The first-order chi connectivity index (χ1) is 50.6. The van der Waals surface area contributed by atoms with E-state index in [0.29, 0.717) is 0 Å². The summed E-state index contributed by atoms with van der Waals surface area (Å²) in [5, 5.41) is 19.2. The fraction of sp³-hybridized carbons (Fsp3) is 0.471. The van der Waals surface area contributed by atoms with Gasteiger partial charge in [0.05, 0.1) is 0 Å². The van der Waals surface area contributed by atoms with Gasteiger partial charge in [0.25, 0.3) is 0 Å². The van der Waals surface area contributed by atoms with Crippen LogP contribution in [0.25, 0.3) is 120 Å². The number of hydrogen-bond donors (Lipinski definition) is 0. The van der Waals surface area contributed by atoms with E-state index in [2.05, 4.69) is 198 Å². The van der Waals surface area contributed by atoms with E-state index in [-0.39, 0.29) is 0 Å². The molecule has 0 saturated heterocycles. The van der Waals surface area contributed by atoms with Crippen LogP contribution >= 0.6 is 0 Å². The molecule has 0 unspecified atom stereocenters. The van der Waals surface area contributed by atoms with Crippen molar-refractivity contribution in [1.82, 2.24) is 0 Å². The predicted octanol–water partition coefficient (Wildman–Crippen LogP) is 33.2. The number of aryl methyl sites for hydroxylation is 4. The van der Waals surface area contributed by atoms with Crippen LogP contribution in [0.15, 0.2) is 170 Å². The summed E-state index contributed by atoms with van der Waals surface area (Å²) in [6, 6.07) is 69.3. The number of hydrogen-bond acceptors (Lipinski definition) is 0. The highest BCUT2D eigenvalue weighted by Crippen LogP contribution is 2.60. The van der Waals surface area contributed by atoms with E-state index in [9.17, 15) is 0 Å². The number of benzene rings is 10. The normalized spacial score (nSPS) is 12.1. The summed E-state index contributed by atoms with van der Waals surface area (Å²) in [5.74, 6) is 0. The van der Waals surface area contributed by atoms with E-state index in [0.717, 1.165) is 25.7 Å². The number of unbranched alkanes of at least 4 members (excludes halogenated alkanes) is 36. The molecule has 0 spiro atoms. The lowest BCUT2D eigenvalue weighted by atomic mass is 9.78. The molecule has 0 fully saturated rings. The van der Waals surface area contributed by atoms with Crippen LogP contribution in [-0.4, -0.2) is 0 Å². The van der Waals surface area contributed by atoms with Gasteiger partial charge in [0.15, 0.2) is 0 Å². The average Bonchev–Trinajstić information content (AvgIpc) is 1.45. The zero-order valence-electron chi connectivity index (χ0n) is 64.3. The summed E-state index contributed by atoms with van der Waals surface area (Å²) in [6.45, 7) is 9.30. The molecule has 0 aliphatic heterocycles. The molecule has 12 aromatic rings. The Bertz CT molecular complexity index is 3860. The van der Waals surface area contributed by atoms with Crippen LogP contribution in [0.5, 0.6) is 0 Å². The average molecular weight is 1350 g/mol. The molecule has 0 aliphatic carbocycles. The second-order valence-electron chi connectivity index (χ2n) is 31.7. The molecule has 0 aromatic heterocycles. The van der Waals surface area contributed by atoms with Crippen molar-refractivity contribution < 1.29 is 0 Å². The van der Waals surface area contributed by atoms with Crippen molar-refractivity contribution in [1.29, 1.82) is 0 Å². The van der Waals surface area contributed by atoms with Gasteiger partial charge in [-0.2, -0.15) is 0 Å². The van der Waals surface area contributed by atoms with Gasteiger partial charge in [0.2, 0.25) is 0 Å². The van der Waals surface area contributed by atoms with Crippen molar-refractivity contribution in [3.63, 3.8) is 0 Å². The first-order valence-corrected chi connectivity index (χ1v) is 42.8. The summed E-state index contributed by atoms with van der Waals surface area (Å²) in [7, 11) is 0. The minimum atomic E-state index is 1.13. The summed E-state index contributed by atoms with van der Waals surface area (Å²) in [4.78, 5) is 0. The standard InChI is InChI=1S/C102H128/c1-5-9-13-17-21-25-29-33-37-41-49-77-61-69-83(70-62-77)93-97-87-57-45-53-81-54-46-58-88(91(81)87)98(97)95(85-73-65-79(66-74-85)51-43-39-35-31-27-23-19-15-11-7-3)102-96(86-75-67-80(68-76-86)52-44-40-36-32-28-24-20-16-12-8-4)100-90-60-48-56-82-55-47-59-89(92(82)90)99(100)94(101(93)102)84-71-63-78(64-72-84)50-42-38-34-30-26-22-18-14-10-6-2/h45-48,53-76H,5-44,49-52H2,1-4H3. The summed E-state index contributed by atoms with van der Waals surface area (Å²) < 4.78 is 0. The van der Waals surface area contributed by atoms with E-state index in [1.807, 2.05) is 0 Å². The molecule has 0 amide bonds. The highest BCUT2D eigenvalue weighted by molar-refractivity contribution is 6.47. The van der Waals surface area contributed by atoms with E-state index in [1.165, 1.54) is 399 Å². The molecule has 12 rings (SSSR count). The van der Waals surface area contributed by atoms with Crippen molar-refractivity contribution in [2.75, 3.05) is 0 Å². The molecule has 12 aromatic carbocycles. The van der Waals surface area contributed by atoms with E-state index < -0.39 is 0 Å². The first kappa shape index (κ1) is 74.7. The number of fused-ring (bicyclic) bond motifs is 7. The lowest BCUT2D eigenvalue weighted by Crippen LogP contribution is -1.97. The van der Waals surface area contributed by atoms with E-state index >= 15 is 0 Å². The molecule has 0 bridgehead atoms. The molecule has 0 aliphatic rings. The molecule has 0 radical (unpaired) electrons. The third kappa shape index (κ3) is 18.7. The Morgan fingerprint density at radius 2 is 0.333 bits per heavy atom. The minimum absolute atomic E-state index is 1.13. The van der Waals surface area contributed by atoms with Gasteiger partial charge < -0.3 is 0 Å². The Kier molecular flexibility index (Phi) is 29.1. The molecule has 0 heterocycles. The van der Waals surface area contributed by atoms with Crippen LogP contribution in [0.2, 0.25) is 0 Å². The molecule has 0 saturated carbocycles. The maximum Gasteiger partial charge on any atom is -0.0000928 e. The Hall–Kier alpha value is -7.02. The quantitative estimate of drug-likeness (QED) is 0.0334. The van der Waals surface area contributed by atoms with E-state index in [4.69, 9.17) is 0 Å². The van der Waals surface area contributed by atoms with Crippen LogP contribution in [-0.2, 0) is 25.7 Å². The molecule has 0 N–H and O–H groups in total. The van der Waals surface area contributed by atoms with Gasteiger partial charge in [0, 0.05) is 0 Å². The predicted molar refractivity (Wildman–Crippen MR) is 455 cm³/mol. The number of rotatable bonds is 48. The van der Waals surface area contributed by atoms with Gasteiger partial charge in [0.1, 0.15) is 0 Å². The SMILES string of the molecule is CCCCCCCCCCCCc1ccc(-c2c3c(-c4ccc(CCCCCCCCCCCC)cc4)c4c5cccc6cccc(c4c(-c4ccc(CCCCCCCCCCCC)cc4)c3c(-c3ccc(CCCCCCCCCCCC)cc3)c3c4cccc7cccc(c23)c74)c65)cc1. The maximum absolute atomic E-state index is 2.55. The lowest BCUT2D eigenvalue weighted by Gasteiger charge is -2.25. The minimum Gasteiger partial charge on any atom is -0.0654 e. The summed E-state index contributed by atoms with van der Waals surface area (Å²) >= 11 is 0. The fourth-order valence-electron chi connectivity index (χ4n) is 18.1. The van der Waals surface area contributed by atoms with Crippen molar-refractivity contribution in [2.45, 2.75) is 310 Å². The largest absolute Gasteiger partial charge is 0.0654 e. The monoisotopic (exact) mass is 1350 g/mol. The van der Waals surface area contributed by atoms with Gasteiger partial charge in [-0.3, -0.25) is 0 Å². The Balaban J connectivity index is 1.04. The second-order valence-corrected chi connectivity index (χ2v) is 31.7. The van der Waals surface area contributed by atoms with Gasteiger partial charge in [-0.05, 0) is 194 Å². The third-order valence-electron chi connectivity index (χ3n) is 23.9. The molecule has 0 atom stereocenters. The topological polar surface area (TPSA) is 0 Å². The molecular formula is C102H128. The highest BCUT2D eigenvalue weighted by Gasteiger charge is 2.32. The van der Waals surface area contributed by atoms with Crippen molar-refractivity contribution in [3.05, 3.63) is 192 Å². The molecule has 536 valence electrons. The Morgan fingerprint density at radius 1 is 0.157 bits per heavy atom. The maximum atomic E-state index is 2.55. The first-order valence-electron chi connectivity index (χ1n) is 42.8. The van der Waals surface area contributed by atoms with Crippen LogP contribution < -0.4 is 0 Å². The summed E-state index contributed by atoms with van der Waals surface area (Å²) in [6.07, 6.45) is 58.8. The Morgan fingerprint density at radius 3 is 0.520 bits per heavy atom. The van der Waals surface area contributed by atoms with Crippen LogP contribution in [0.1, 0.15) is 307 Å². The highest BCUT2D eigenvalue weighted by atomic mass is 14.3. The van der Waals surface area contributed by atoms with Gasteiger partial charge >= 0.3 is 0 Å². The molecule has 0 nitrogen and oxygen atoms in total. The van der Waals surface area contributed by atoms with Gasteiger partial charge in [-0.1, -0.05) is 429 Å². The molecule has 0 heteroatoms. The van der Waals surface area contributed by atoms with Crippen molar-refractivity contribution in [3.8, 4) is 44.5 Å². The van der Waals surface area contributed by atoms with Crippen molar-refractivity contribution in [2.24, 2.45) is 0 Å². The lowest BCUT2D eigenvalue weighted by molar-refractivity contribution is 0.556. The molecule has 102 heavy (non-hydrogen) atoms. The smallest absolute Gasteiger partial charge is 0.0000928 e. The van der Waals surface area contributed by atoms with Crippen LogP contribution in [0.4, 0.5) is 0 Å². The van der Waals surface area contributed by atoms with E-state index in [1.54, 1.807) is 0 Å². The van der Waals surface area contributed by atoms with Crippen LogP contribution in [0.3, 0.4) is 0 Å². The Labute approximate surface area is 618 Å². The third-order valence-corrected chi connectivity index (χ3v) is 23.9. The zero-order chi connectivity index (χ0) is 69.9. The second kappa shape index (κ2) is 39.7. The summed E-state index contributed by atoms with van der Waals surface area (Å²) in [5.41, 5.74) is 16.6. The van der Waals surface area contributed by atoms with Gasteiger partial charge in [-0.15, -0.1) is 0 Å². The zero-order valence-corrected chi connectivity index (χ0v) is 64.3. The molecular weight excluding hydrogens is 1230 g/mol. The van der Waals surface area contributed by atoms with Gasteiger partial charge in [-0.25, -0.2) is 0 Å². The fourth-order valence-corrected chi connectivity index (χ4v) is 18.1. The van der Waals surface area contributed by atoms with Crippen molar-refractivity contribution >= 4 is 75.4 Å².